The molecule has 0 saturated heterocycles. The molecule has 0 fully saturated rings. The number of hydrogen-bond donors (Lipinski definition) is 3. The fourth-order valence-corrected chi connectivity index (χ4v) is 3.78. The van der Waals surface area contributed by atoms with E-state index in [0.29, 0.717) is 6.54 Å². The molecule has 2 rings (SSSR count). The molecule has 6 heteroatoms. The Kier molecular flexibility index (Phi) is 8.93. The third kappa shape index (κ3) is 6.04. The lowest BCUT2D eigenvalue weighted by molar-refractivity contribution is -0.896. The van der Waals surface area contributed by atoms with Gasteiger partial charge >= 0.3 is 0 Å². The fourth-order valence-electron chi connectivity index (χ4n) is 3.48. The maximum Gasteiger partial charge on any atom is 0.253 e. The second-order valence-electron chi connectivity index (χ2n) is 7.22. The Hall–Kier alpha value is -1.92. The van der Waals surface area contributed by atoms with E-state index < -0.39 is 0 Å². The van der Waals surface area contributed by atoms with Crippen LogP contribution in [0.15, 0.2) is 29.1 Å². The molecule has 5 nitrogen and oxygen atoms in total. The standard InChI is InChI=1S/C22H34N4OS/c1-5-17-10-11-20-18(14-17)15-19(21(27)24-20)16-26(22(28)23-6-2)13-9-12-25(7-3)8-4/h10-11,14-15H,5-9,12-13,16H2,1-4H3,(H,23,28)(H,24,27)/p+1. The highest BCUT2D eigenvalue weighted by Gasteiger charge is 2.14. The van der Waals surface area contributed by atoms with Gasteiger partial charge in [0.2, 0.25) is 0 Å². The topological polar surface area (TPSA) is 52.6 Å². The maximum atomic E-state index is 12.6. The van der Waals surface area contributed by atoms with Gasteiger partial charge in [0.05, 0.1) is 26.2 Å². The first-order valence-electron chi connectivity index (χ1n) is 10.5. The Labute approximate surface area is 174 Å². The average molecular weight is 404 g/mol. The predicted molar refractivity (Wildman–Crippen MR) is 122 cm³/mol. The van der Waals surface area contributed by atoms with Crippen molar-refractivity contribution in [2.75, 3.05) is 32.7 Å². The molecule has 3 N–H and O–H groups in total. The maximum absolute atomic E-state index is 12.6. The zero-order valence-electron chi connectivity index (χ0n) is 17.7. The van der Waals surface area contributed by atoms with E-state index in [1.807, 2.05) is 19.1 Å². The predicted octanol–water partition coefficient (Wildman–Crippen LogP) is 2.10. The average Bonchev–Trinajstić information content (AvgIpc) is 2.70. The molecule has 0 aliphatic carbocycles. The van der Waals surface area contributed by atoms with Crippen LogP contribution in [0, 0.1) is 0 Å². The van der Waals surface area contributed by atoms with Crippen LogP contribution in [0.2, 0.25) is 0 Å². The van der Waals surface area contributed by atoms with Gasteiger partial charge in [-0.2, -0.15) is 0 Å². The number of fused-ring (bicyclic) bond motifs is 1. The number of H-pyrrole nitrogens is 1. The molecule has 0 unspecified atom stereocenters. The van der Waals surface area contributed by atoms with Gasteiger partial charge in [-0.3, -0.25) is 4.79 Å². The zero-order chi connectivity index (χ0) is 20.5. The molecule has 0 radical (unpaired) electrons. The highest BCUT2D eigenvalue weighted by molar-refractivity contribution is 7.80. The molecule has 154 valence electrons. The number of aromatic nitrogens is 1. The first-order chi connectivity index (χ1) is 13.5. The molecule has 2 aromatic rings. The van der Waals surface area contributed by atoms with Crippen molar-refractivity contribution < 1.29 is 4.90 Å². The SMILES string of the molecule is CCNC(=S)N(CCC[NH+](CC)CC)Cc1cc2cc(CC)ccc2[nH]c1=O. The number of benzene rings is 1. The van der Waals surface area contributed by atoms with Crippen molar-refractivity contribution in [2.24, 2.45) is 0 Å². The van der Waals surface area contributed by atoms with Gasteiger partial charge < -0.3 is 20.1 Å². The molecule has 0 aliphatic heterocycles. The highest BCUT2D eigenvalue weighted by Crippen LogP contribution is 2.15. The zero-order valence-corrected chi connectivity index (χ0v) is 18.5. The van der Waals surface area contributed by atoms with Gasteiger partial charge in [0.1, 0.15) is 0 Å². The van der Waals surface area contributed by atoms with E-state index in [2.05, 4.69) is 48.1 Å². The van der Waals surface area contributed by atoms with Crippen LogP contribution in [0.5, 0.6) is 0 Å². The van der Waals surface area contributed by atoms with E-state index in [0.717, 1.165) is 67.1 Å². The molecule has 1 heterocycles. The fraction of sp³-hybridized carbons (Fsp3) is 0.545. The second-order valence-corrected chi connectivity index (χ2v) is 7.60. The quantitative estimate of drug-likeness (QED) is 0.532. The Bertz CT molecular complexity index is 829. The third-order valence-corrected chi connectivity index (χ3v) is 5.73. The highest BCUT2D eigenvalue weighted by atomic mass is 32.1. The lowest BCUT2D eigenvalue weighted by Crippen LogP contribution is -3.11. The number of pyridine rings is 1. The van der Waals surface area contributed by atoms with Crippen LogP contribution in [0.4, 0.5) is 0 Å². The first-order valence-corrected chi connectivity index (χ1v) is 10.9. The van der Waals surface area contributed by atoms with Gasteiger partial charge in [-0.25, -0.2) is 0 Å². The molecule has 0 saturated carbocycles. The summed E-state index contributed by atoms with van der Waals surface area (Å²) in [5, 5.41) is 5.05. The van der Waals surface area contributed by atoms with Crippen LogP contribution >= 0.6 is 12.2 Å². The third-order valence-electron chi connectivity index (χ3n) is 5.33. The van der Waals surface area contributed by atoms with Gasteiger partial charge in [0.15, 0.2) is 5.11 Å². The lowest BCUT2D eigenvalue weighted by Gasteiger charge is -2.26. The molecule has 0 atom stereocenters. The molecule has 0 aliphatic rings. The minimum absolute atomic E-state index is 0.0320. The Morgan fingerprint density at radius 3 is 2.57 bits per heavy atom. The van der Waals surface area contributed by atoms with Crippen molar-refractivity contribution in [3.63, 3.8) is 0 Å². The number of nitrogens with one attached hydrogen (secondary N) is 3. The van der Waals surface area contributed by atoms with Gasteiger partial charge in [-0.1, -0.05) is 13.0 Å². The van der Waals surface area contributed by atoms with Crippen LogP contribution in [0.1, 0.15) is 45.2 Å². The summed E-state index contributed by atoms with van der Waals surface area (Å²) >= 11 is 5.58. The van der Waals surface area contributed by atoms with E-state index >= 15 is 0 Å². The van der Waals surface area contributed by atoms with E-state index in [1.165, 1.54) is 5.56 Å². The Balaban J connectivity index is 2.20. The van der Waals surface area contributed by atoms with E-state index in [-0.39, 0.29) is 5.56 Å². The minimum Gasteiger partial charge on any atom is -0.363 e. The lowest BCUT2D eigenvalue weighted by atomic mass is 10.1. The van der Waals surface area contributed by atoms with Crippen LogP contribution in [-0.2, 0) is 13.0 Å². The Morgan fingerprint density at radius 1 is 1.18 bits per heavy atom. The van der Waals surface area contributed by atoms with Crippen LogP contribution in [0.3, 0.4) is 0 Å². The van der Waals surface area contributed by atoms with Crippen molar-refractivity contribution in [2.45, 2.75) is 47.1 Å². The molecule has 1 aromatic heterocycles. The van der Waals surface area contributed by atoms with Gasteiger partial charge in [0.25, 0.3) is 5.56 Å². The molecular weight excluding hydrogens is 368 g/mol. The van der Waals surface area contributed by atoms with Gasteiger partial charge in [0, 0.05) is 30.6 Å². The first kappa shape index (κ1) is 22.4. The van der Waals surface area contributed by atoms with Crippen LogP contribution in [-0.4, -0.2) is 47.7 Å². The molecule has 0 bridgehead atoms. The number of nitrogens with zero attached hydrogens (tertiary/aromatic N) is 1. The number of quaternary nitrogens is 1. The van der Waals surface area contributed by atoms with E-state index in [1.54, 1.807) is 4.90 Å². The van der Waals surface area contributed by atoms with E-state index in [9.17, 15) is 4.79 Å². The Morgan fingerprint density at radius 2 is 1.93 bits per heavy atom. The number of rotatable bonds is 10. The molecule has 1 aromatic carbocycles. The largest absolute Gasteiger partial charge is 0.363 e. The second kappa shape index (κ2) is 11.2. The summed E-state index contributed by atoms with van der Waals surface area (Å²) in [6, 6.07) is 8.24. The van der Waals surface area contributed by atoms with Crippen molar-refractivity contribution in [1.29, 1.82) is 0 Å². The van der Waals surface area contributed by atoms with Gasteiger partial charge in [-0.15, -0.1) is 0 Å². The molecular formula is C22H35N4OS+. The van der Waals surface area contributed by atoms with Crippen molar-refractivity contribution in [3.8, 4) is 0 Å². The van der Waals surface area contributed by atoms with Crippen molar-refractivity contribution >= 4 is 28.2 Å². The van der Waals surface area contributed by atoms with Crippen LogP contribution < -0.4 is 15.8 Å². The number of aryl methyl sites for hydroxylation is 1. The summed E-state index contributed by atoms with van der Waals surface area (Å²) in [5.41, 5.74) is 2.89. The summed E-state index contributed by atoms with van der Waals surface area (Å²) in [5.74, 6) is 0. The monoisotopic (exact) mass is 403 g/mol. The summed E-state index contributed by atoms with van der Waals surface area (Å²) in [7, 11) is 0. The number of thiocarbonyl (C=S) groups is 1. The number of aromatic amines is 1. The molecule has 0 spiro atoms. The minimum atomic E-state index is -0.0320. The summed E-state index contributed by atoms with van der Waals surface area (Å²) < 4.78 is 0. The molecule has 28 heavy (non-hydrogen) atoms. The normalized spacial score (nSPS) is 11.2. The van der Waals surface area contributed by atoms with Crippen molar-refractivity contribution in [1.82, 2.24) is 15.2 Å². The summed E-state index contributed by atoms with van der Waals surface area (Å²) in [6.07, 6.45) is 2.03. The smallest absolute Gasteiger partial charge is 0.253 e. The van der Waals surface area contributed by atoms with E-state index in [4.69, 9.17) is 12.2 Å². The summed E-state index contributed by atoms with van der Waals surface area (Å²) in [6.45, 7) is 14.2. The van der Waals surface area contributed by atoms with Crippen molar-refractivity contribution in [3.05, 3.63) is 45.7 Å². The number of hydrogen-bond acceptors (Lipinski definition) is 2. The summed E-state index contributed by atoms with van der Waals surface area (Å²) in [4.78, 5) is 19.4. The van der Waals surface area contributed by atoms with Gasteiger partial charge in [-0.05, 0) is 68.6 Å². The molecule has 0 amide bonds. The van der Waals surface area contributed by atoms with Crippen LogP contribution in [0.25, 0.3) is 10.9 Å².